The zero-order valence-corrected chi connectivity index (χ0v) is 16.5. The van der Waals surface area contributed by atoms with Crippen molar-refractivity contribution in [2.75, 3.05) is 13.1 Å². The molecular weight excluding hydrogens is 413 g/mol. The minimum absolute atomic E-state index is 0.0635. The second kappa shape index (κ2) is 6.86. The molecule has 1 aromatic carbocycles. The van der Waals surface area contributed by atoms with Gasteiger partial charge in [0.1, 0.15) is 17.1 Å². The number of hydrogen-bond acceptors (Lipinski definition) is 6. The maximum Gasteiger partial charge on any atom is 0.244 e. The summed E-state index contributed by atoms with van der Waals surface area (Å²) in [5.74, 6) is 0. The van der Waals surface area contributed by atoms with Gasteiger partial charge in [-0.05, 0) is 24.6 Å². The number of aromatic nitrogens is 6. The van der Waals surface area contributed by atoms with Crippen molar-refractivity contribution in [3.05, 3.63) is 52.0 Å². The third-order valence-electron chi connectivity index (χ3n) is 4.36. The quantitative estimate of drug-likeness (QED) is 0.615. The first-order valence-corrected chi connectivity index (χ1v) is 10.2. The van der Waals surface area contributed by atoms with Crippen molar-refractivity contribution in [3.63, 3.8) is 0 Å². The molecule has 27 heavy (non-hydrogen) atoms. The van der Waals surface area contributed by atoms with E-state index in [0.717, 1.165) is 0 Å². The summed E-state index contributed by atoms with van der Waals surface area (Å²) in [6, 6.07) is 2.87. The fraction of sp³-hybridized carbons (Fsp3) is 0.333. The molecule has 3 heterocycles. The first-order valence-electron chi connectivity index (χ1n) is 8.05. The standard InChI is InChI=1S/C15H15Cl2N7O2S/c1-10-4-15(14(17)5-13(10)16)27(25,26)22-8-12(9-22)23-6-11(20-21-23)7-24-18-2-3-19-24/h2-6,12H,7-9H2,1H3. The lowest BCUT2D eigenvalue weighted by atomic mass is 10.2. The van der Waals surface area contributed by atoms with Crippen molar-refractivity contribution >= 4 is 33.2 Å². The summed E-state index contributed by atoms with van der Waals surface area (Å²) in [4.78, 5) is 1.56. The van der Waals surface area contributed by atoms with Crippen LogP contribution >= 0.6 is 23.2 Å². The largest absolute Gasteiger partial charge is 0.246 e. The van der Waals surface area contributed by atoms with E-state index < -0.39 is 10.0 Å². The van der Waals surface area contributed by atoms with E-state index in [0.29, 0.717) is 35.9 Å². The first-order chi connectivity index (χ1) is 12.8. The van der Waals surface area contributed by atoms with Crippen molar-refractivity contribution in [2.45, 2.75) is 24.4 Å². The molecule has 0 aliphatic carbocycles. The van der Waals surface area contributed by atoms with Gasteiger partial charge in [0.25, 0.3) is 0 Å². The fourth-order valence-corrected chi connectivity index (χ4v) is 5.10. The summed E-state index contributed by atoms with van der Waals surface area (Å²) in [6.07, 6.45) is 4.95. The molecule has 0 radical (unpaired) electrons. The molecule has 0 N–H and O–H groups in total. The molecule has 1 saturated heterocycles. The molecule has 0 spiro atoms. The predicted octanol–water partition coefficient (Wildman–Crippen LogP) is 1.78. The zero-order chi connectivity index (χ0) is 19.2. The molecule has 4 rings (SSSR count). The van der Waals surface area contributed by atoms with Gasteiger partial charge in [0.05, 0.1) is 29.7 Å². The smallest absolute Gasteiger partial charge is 0.244 e. The number of halogens is 2. The highest BCUT2D eigenvalue weighted by molar-refractivity contribution is 7.89. The number of rotatable bonds is 5. The third-order valence-corrected chi connectivity index (χ3v) is 7.07. The Morgan fingerprint density at radius 1 is 1.15 bits per heavy atom. The Bertz CT molecular complexity index is 1080. The van der Waals surface area contributed by atoms with Crippen molar-refractivity contribution in [1.82, 2.24) is 34.3 Å². The SMILES string of the molecule is Cc1cc(S(=O)(=O)N2CC(n3cc(Cn4nccn4)nn3)C2)c(Cl)cc1Cl. The van der Waals surface area contributed by atoms with Crippen molar-refractivity contribution in [1.29, 1.82) is 0 Å². The van der Waals surface area contributed by atoms with Crippen LogP contribution in [0, 0.1) is 6.92 Å². The van der Waals surface area contributed by atoms with Gasteiger partial charge in [-0.1, -0.05) is 28.4 Å². The van der Waals surface area contributed by atoms with E-state index in [2.05, 4.69) is 20.5 Å². The van der Waals surface area contributed by atoms with Crippen molar-refractivity contribution in [2.24, 2.45) is 0 Å². The maximum atomic E-state index is 12.8. The van der Waals surface area contributed by atoms with Gasteiger partial charge < -0.3 is 0 Å². The van der Waals surface area contributed by atoms with Crippen molar-refractivity contribution in [3.8, 4) is 0 Å². The lowest BCUT2D eigenvalue weighted by molar-refractivity contribution is 0.189. The number of hydrogen-bond donors (Lipinski definition) is 0. The molecule has 0 bridgehead atoms. The van der Waals surface area contributed by atoms with Gasteiger partial charge in [-0.3, -0.25) is 0 Å². The molecule has 0 amide bonds. The highest BCUT2D eigenvalue weighted by Gasteiger charge is 2.39. The monoisotopic (exact) mass is 427 g/mol. The lowest BCUT2D eigenvalue weighted by Crippen LogP contribution is -2.50. The summed E-state index contributed by atoms with van der Waals surface area (Å²) in [7, 11) is -3.69. The van der Waals surface area contributed by atoms with Crippen LogP contribution in [0.5, 0.6) is 0 Å². The molecule has 3 aromatic rings. The molecule has 142 valence electrons. The average Bonchev–Trinajstić information content (AvgIpc) is 3.22. The van der Waals surface area contributed by atoms with E-state index in [1.165, 1.54) is 21.2 Å². The maximum absolute atomic E-state index is 12.8. The summed E-state index contributed by atoms with van der Waals surface area (Å²) in [5.41, 5.74) is 1.36. The van der Waals surface area contributed by atoms with Gasteiger partial charge in [-0.2, -0.15) is 19.3 Å². The molecular formula is C15H15Cl2N7O2S. The molecule has 1 aliphatic rings. The minimum Gasteiger partial charge on any atom is -0.246 e. The number of sulfonamides is 1. The van der Waals surface area contributed by atoms with Crippen LogP contribution in [0.25, 0.3) is 0 Å². The van der Waals surface area contributed by atoms with Crippen LogP contribution in [-0.2, 0) is 16.6 Å². The Balaban J connectivity index is 1.46. The van der Waals surface area contributed by atoms with Gasteiger partial charge in [0.15, 0.2) is 0 Å². The van der Waals surface area contributed by atoms with E-state index in [-0.39, 0.29) is 16.0 Å². The van der Waals surface area contributed by atoms with Crippen LogP contribution in [0.4, 0.5) is 0 Å². The second-order valence-corrected chi connectivity index (χ2v) is 8.98. The zero-order valence-electron chi connectivity index (χ0n) is 14.2. The Morgan fingerprint density at radius 2 is 1.85 bits per heavy atom. The summed E-state index contributed by atoms with van der Waals surface area (Å²) in [6.45, 7) is 2.73. The van der Waals surface area contributed by atoms with E-state index in [1.54, 1.807) is 30.2 Å². The first kappa shape index (κ1) is 18.4. The Kier molecular flexibility index (Phi) is 4.66. The van der Waals surface area contributed by atoms with E-state index >= 15 is 0 Å². The van der Waals surface area contributed by atoms with Gasteiger partial charge >= 0.3 is 0 Å². The molecule has 0 atom stereocenters. The summed E-state index contributed by atoms with van der Waals surface area (Å²) >= 11 is 12.1. The predicted molar refractivity (Wildman–Crippen MR) is 98.1 cm³/mol. The molecule has 1 aliphatic heterocycles. The van der Waals surface area contributed by atoms with Gasteiger partial charge in [0, 0.05) is 18.1 Å². The van der Waals surface area contributed by atoms with E-state index in [9.17, 15) is 8.42 Å². The number of aryl methyl sites for hydroxylation is 1. The summed E-state index contributed by atoms with van der Waals surface area (Å²) in [5, 5.41) is 16.8. The van der Waals surface area contributed by atoms with Crippen LogP contribution < -0.4 is 0 Å². The van der Waals surface area contributed by atoms with Crippen LogP contribution in [0.3, 0.4) is 0 Å². The van der Waals surface area contributed by atoms with Crippen LogP contribution in [0.2, 0.25) is 10.0 Å². The average molecular weight is 428 g/mol. The Morgan fingerprint density at radius 3 is 2.56 bits per heavy atom. The highest BCUT2D eigenvalue weighted by atomic mass is 35.5. The molecule has 1 fully saturated rings. The number of nitrogens with zero attached hydrogens (tertiary/aromatic N) is 7. The molecule has 0 unspecified atom stereocenters. The van der Waals surface area contributed by atoms with Crippen LogP contribution in [0.15, 0.2) is 35.6 Å². The van der Waals surface area contributed by atoms with Crippen LogP contribution in [-0.4, -0.2) is 55.8 Å². The van der Waals surface area contributed by atoms with E-state index in [4.69, 9.17) is 23.2 Å². The topological polar surface area (TPSA) is 98.8 Å². The molecule has 2 aromatic heterocycles. The molecule has 0 saturated carbocycles. The minimum atomic E-state index is -3.69. The second-order valence-electron chi connectivity index (χ2n) is 6.26. The molecule has 9 nitrogen and oxygen atoms in total. The summed E-state index contributed by atoms with van der Waals surface area (Å²) < 4.78 is 28.7. The van der Waals surface area contributed by atoms with Gasteiger partial charge in [0.2, 0.25) is 10.0 Å². The fourth-order valence-electron chi connectivity index (χ4n) is 2.78. The Labute approximate surface area is 165 Å². The molecule has 12 heteroatoms. The van der Waals surface area contributed by atoms with E-state index in [1.807, 2.05) is 0 Å². The normalized spacial score (nSPS) is 15.8. The van der Waals surface area contributed by atoms with Gasteiger partial charge in [-0.25, -0.2) is 13.1 Å². The van der Waals surface area contributed by atoms with Crippen LogP contribution in [0.1, 0.15) is 17.3 Å². The van der Waals surface area contributed by atoms with Gasteiger partial charge in [-0.15, -0.1) is 5.10 Å². The van der Waals surface area contributed by atoms with Crippen molar-refractivity contribution < 1.29 is 8.42 Å². The number of benzene rings is 1. The lowest BCUT2D eigenvalue weighted by Gasteiger charge is -2.37. The highest BCUT2D eigenvalue weighted by Crippen LogP contribution is 2.34. The Hall–Kier alpha value is -2.01. The third kappa shape index (κ3) is 3.45.